The molecular formula is C15H19NO4. The van der Waals surface area contributed by atoms with Gasteiger partial charge in [0, 0.05) is 18.5 Å². The molecule has 1 aliphatic heterocycles. The van der Waals surface area contributed by atoms with E-state index in [-0.39, 0.29) is 12.3 Å². The third-order valence-corrected chi connectivity index (χ3v) is 3.82. The smallest absolute Gasteiger partial charge is 0.308 e. The monoisotopic (exact) mass is 277 g/mol. The molecule has 0 radical (unpaired) electrons. The van der Waals surface area contributed by atoms with Crippen molar-refractivity contribution in [3.63, 3.8) is 0 Å². The number of piperidine rings is 1. The molecule has 0 bridgehead atoms. The highest BCUT2D eigenvalue weighted by Gasteiger charge is 2.41. The SMILES string of the molecule is CCN1C(=O)CC[C@H](C(=O)O)[C@H]1c1ccccc1OC. The Morgan fingerprint density at radius 3 is 2.75 bits per heavy atom. The average Bonchev–Trinajstić information content (AvgIpc) is 2.46. The number of nitrogens with zero attached hydrogens (tertiary/aromatic N) is 1. The predicted molar refractivity (Wildman–Crippen MR) is 73.5 cm³/mol. The van der Waals surface area contributed by atoms with Crippen molar-refractivity contribution in [3.05, 3.63) is 29.8 Å². The average molecular weight is 277 g/mol. The van der Waals surface area contributed by atoms with Crippen molar-refractivity contribution in [2.24, 2.45) is 5.92 Å². The maximum absolute atomic E-state index is 12.1. The number of likely N-dealkylation sites (tertiary alicyclic amines) is 1. The zero-order valence-electron chi connectivity index (χ0n) is 11.7. The maximum atomic E-state index is 12.1. The van der Waals surface area contributed by atoms with Crippen LogP contribution in [0.3, 0.4) is 0 Å². The number of carbonyl (C=O) groups is 2. The minimum atomic E-state index is -0.869. The number of carbonyl (C=O) groups excluding carboxylic acids is 1. The van der Waals surface area contributed by atoms with Crippen molar-refractivity contribution in [2.75, 3.05) is 13.7 Å². The lowest BCUT2D eigenvalue weighted by atomic mass is 9.84. The van der Waals surface area contributed by atoms with Gasteiger partial charge in [0.2, 0.25) is 5.91 Å². The molecule has 2 rings (SSSR count). The molecule has 1 fully saturated rings. The maximum Gasteiger partial charge on any atom is 0.308 e. The quantitative estimate of drug-likeness (QED) is 0.915. The number of aliphatic carboxylic acids is 1. The van der Waals surface area contributed by atoms with Crippen LogP contribution < -0.4 is 4.74 Å². The molecule has 1 aromatic rings. The van der Waals surface area contributed by atoms with Gasteiger partial charge in [0.05, 0.1) is 19.1 Å². The van der Waals surface area contributed by atoms with E-state index < -0.39 is 17.9 Å². The highest BCUT2D eigenvalue weighted by atomic mass is 16.5. The molecule has 1 saturated heterocycles. The second kappa shape index (κ2) is 5.94. The summed E-state index contributed by atoms with van der Waals surface area (Å²) in [5, 5.41) is 9.45. The number of rotatable bonds is 4. The molecule has 5 heteroatoms. The van der Waals surface area contributed by atoms with Gasteiger partial charge >= 0.3 is 5.97 Å². The summed E-state index contributed by atoms with van der Waals surface area (Å²) < 4.78 is 5.32. The van der Waals surface area contributed by atoms with Gasteiger partial charge in [-0.25, -0.2) is 0 Å². The van der Waals surface area contributed by atoms with E-state index in [9.17, 15) is 14.7 Å². The van der Waals surface area contributed by atoms with Crippen molar-refractivity contribution in [3.8, 4) is 5.75 Å². The summed E-state index contributed by atoms with van der Waals surface area (Å²) in [7, 11) is 1.55. The van der Waals surface area contributed by atoms with E-state index in [1.807, 2.05) is 25.1 Å². The van der Waals surface area contributed by atoms with Crippen LogP contribution in [-0.2, 0) is 9.59 Å². The highest BCUT2D eigenvalue weighted by molar-refractivity contribution is 5.82. The number of ether oxygens (including phenoxy) is 1. The largest absolute Gasteiger partial charge is 0.496 e. The lowest BCUT2D eigenvalue weighted by Gasteiger charge is -2.39. The summed E-state index contributed by atoms with van der Waals surface area (Å²) >= 11 is 0. The first kappa shape index (κ1) is 14.4. The zero-order valence-corrected chi connectivity index (χ0v) is 11.7. The molecule has 0 aromatic heterocycles. The Morgan fingerprint density at radius 2 is 2.15 bits per heavy atom. The van der Waals surface area contributed by atoms with E-state index in [1.165, 1.54) is 0 Å². The second-order valence-corrected chi connectivity index (χ2v) is 4.85. The van der Waals surface area contributed by atoms with Crippen LogP contribution in [0.1, 0.15) is 31.4 Å². The number of benzene rings is 1. The molecule has 0 aliphatic carbocycles. The van der Waals surface area contributed by atoms with Crippen LogP contribution in [-0.4, -0.2) is 35.5 Å². The summed E-state index contributed by atoms with van der Waals surface area (Å²) in [6.45, 7) is 2.36. The third kappa shape index (κ3) is 2.48. The Morgan fingerprint density at radius 1 is 1.45 bits per heavy atom. The van der Waals surface area contributed by atoms with Crippen LogP contribution in [0, 0.1) is 5.92 Å². The Bertz CT molecular complexity index is 512. The van der Waals surface area contributed by atoms with E-state index in [4.69, 9.17) is 4.74 Å². The van der Waals surface area contributed by atoms with Crippen LogP contribution in [0.5, 0.6) is 5.75 Å². The molecule has 2 atom stereocenters. The van der Waals surface area contributed by atoms with Crippen molar-refractivity contribution in [2.45, 2.75) is 25.8 Å². The number of amides is 1. The number of methoxy groups -OCH3 is 1. The summed E-state index contributed by atoms with van der Waals surface area (Å²) in [6, 6.07) is 6.83. The number of carboxylic acids is 1. The third-order valence-electron chi connectivity index (χ3n) is 3.82. The van der Waals surface area contributed by atoms with Gasteiger partial charge in [-0.05, 0) is 19.4 Å². The van der Waals surface area contributed by atoms with Crippen LogP contribution in [0.25, 0.3) is 0 Å². The van der Waals surface area contributed by atoms with Crippen LogP contribution >= 0.6 is 0 Å². The van der Waals surface area contributed by atoms with Gasteiger partial charge in [-0.1, -0.05) is 18.2 Å². The molecule has 1 N–H and O–H groups in total. The molecule has 20 heavy (non-hydrogen) atoms. The van der Waals surface area contributed by atoms with Gasteiger partial charge in [-0.2, -0.15) is 0 Å². The Kier molecular flexibility index (Phi) is 4.27. The van der Waals surface area contributed by atoms with E-state index in [0.29, 0.717) is 18.7 Å². The van der Waals surface area contributed by atoms with Crippen molar-refractivity contribution >= 4 is 11.9 Å². The van der Waals surface area contributed by atoms with Crippen LogP contribution in [0.15, 0.2) is 24.3 Å². The van der Waals surface area contributed by atoms with E-state index in [1.54, 1.807) is 18.1 Å². The first-order valence-corrected chi connectivity index (χ1v) is 6.75. The standard InChI is InChI=1S/C15H19NO4/c1-3-16-13(17)9-8-11(15(18)19)14(16)10-6-4-5-7-12(10)20-2/h4-7,11,14H,3,8-9H2,1-2H3,(H,18,19)/t11-,14+/m0/s1. The number of hydrogen-bond acceptors (Lipinski definition) is 3. The summed E-state index contributed by atoms with van der Waals surface area (Å²) in [4.78, 5) is 25.2. The van der Waals surface area contributed by atoms with Crippen LogP contribution in [0.2, 0.25) is 0 Å². The minimum Gasteiger partial charge on any atom is -0.496 e. The zero-order chi connectivity index (χ0) is 14.7. The summed E-state index contributed by atoms with van der Waals surface area (Å²) in [6.07, 6.45) is 0.657. The van der Waals surface area contributed by atoms with E-state index >= 15 is 0 Å². The Hall–Kier alpha value is -2.04. The first-order valence-electron chi connectivity index (χ1n) is 6.75. The minimum absolute atomic E-state index is 0.000839. The van der Waals surface area contributed by atoms with Gasteiger partial charge in [0.1, 0.15) is 5.75 Å². The van der Waals surface area contributed by atoms with Crippen molar-refractivity contribution in [1.82, 2.24) is 4.90 Å². The molecule has 108 valence electrons. The molecular weight excluding hydrogens is 258 g/mol. The van der Waals surface area contributed by atoms with Gasteiger partial charge in [0.25, 0.3) is 0 Å². The van der Waals surface area contributed by atoms with Gasteiger partial charge in [0.15, 0.2) is 0 Å². The Balaban J connectivity index is 2.49. The Labute approximate surface area is 118 Å². The fourth-order valence-electron chi connectivity index (χ4n) is 2.88. The topological polar surface area (TPSA) is 66.8 Å². The number of hydrogen-bond donors (Lipinski definition) is 1. The molecule has 5 nitrogen and oxygen atoms in total. The van der Waals surface area contributed by atoms with Gasteiger partial charge in [-0.15, -0.1) is 0 Å². The molecule has 0 spiro atoms. The number of para-hydroxylation sites is 1. The molecule has 1 heterocycles. The molecule has 0 saturated carbocycles. The lowest BCUT2D eigenvalue weighted by molar-refractivity contribution is -0.151. The summed E-state index contributed by atoms with van der Waals surface area (Å²) in [5.41, 5.74) is 0.761. The van der Waals surface area contributed by atoms with E-state index in [2.05, 4.69) is 0 Å². The van der Waals surface area contributed by atoms with Crippen LogP contribution in [0.4, 0.5) is 0 Å². The lowest BCUT2D eigenvalue weighted by Crippen LogP contribution is -2.45. The van der Waals surface area contributed by atoms with Gasteiger partial charge < -0.3 is 14.7 Å². The normalized spacial score (nSPS) is 22.7. The van der Waals surface area contributed by atoms with Gasteiger partial charge in [-0.3, -0.25) is 9.59 Å². The van der Waals surface area contributed by atoms with Crippen molar-refractivity contribution in [1.29, 1.82) is 0 Å². The number of carboxylic acid groups (broad SMARTS) is 1. The summed E-state index contributed by atoms with van der Waals surface area (Å²) in [5.74, 6) is -0.839. The molecule has 0 unspecified atom stereocenters. The fraction of sp³-hybridized carbons (Fsp3) is 0.467. The predicted octanol–water partition coefficient (Wildman–Crippen LogP) is 2.08. The molecule has 1 aromatic carbocycles. The first-order chi connectivity index (χ1) is 9.60. The molecule has 1 aliphatic rings. The fourth-order valence-corrected chi connectivity index (χ4v) is 2.88. The van der Waals surface area contributed by atoms with E-state index in [0.717, 1.165) is 5.56 Å². The van der Waals surface area contributed by atoms with Crippen molar-refractivity contribution < 1.29 is 19.4 Å². The second-order valence-electron chi connectivity index (χ2n) is 4.85. The highest BCUT2D eigenvalue weighted by Crippen LogP contribution is 2.40. The molecule has 1 amide bonds.